The Hall–Kier alpha value is -1.59. The molecule has 0 saturated heterocycles. The van der Waals surface area contributed by atoms with Gasteiger partial charge in [-0.2, -0.15) is 0 Å². The minimum absolute atomic E-state index is 0. The Bertz CT molecular complexity index is 473. The quantitative estimate of drug-likeness (QED) is 0.808. The zero-order valence-electron chi connectivity index (χ0n) is 13.7. The summed E-state index contributed by atoms with van der Waals surface area (Å²) in [4.78, 5) is 25.8. The van der Waals surface area contributed by atoms with Gasteiger partial charge in [0.25, 0.3) is 5.91 Å². The van der Waals surface area contributed by atoms with Gasteiger partial charge < -0.3 is 15.5 Å². The average molecular weight is 328 g/mol. The zero-order chi connectivity index (χ0) is 15.8. The summed E-state index contributed by atoms with van der Waals surface area (Å²) >= 11 is 0. The molecule has 22 heavy (non-hydrogen) atoms. The molecule has 0 aromatic heterocycles. The van der Waals surface area contributed by atoms with Gasteiger partial charge in [0.2, 0.25) is 5.91 Å². The zero-order valence-corrected chi connectivity index (χ0v) is 14.5. The molecule has 6 heteroatoms. The maximum absolute atomic E-state index is 12.2. The maximum Gasteiger partial charge on any atom is 0.253 e. The Labute approximate surface area is 138 Å². The van der Waals surface area contributed by atoms with Gasteiger partial charge in [0.15, 0.2) is 0 Å². The van der Waals surface area contributed by atoms with Crippen LogP contribution in [-0.2, 0) is 4.79 Å². The molecule has 5 nitrogen and oxygen atoms in total. The summed E-state index contributed by atoms with van der Waals surface area (Å²) < 4.78 is 0. The molecule has 0 heterocycles. The second-order valence-corrected chi connectivity index (χ2v) is 5.00. The van der Waals surface area contributed by atoms with Crippen molar-refractivity contribution in [2.24, 2.45) is 5.92 Å². The van der Waals surface area contributed by atoms with Crippen LogP contribution >= 0.6 is 12.4 Å². The van der Waals surface area contributed by atoms with Crippen molar-refractivity contribution in [3.8, 4) is 0 Å². The topological polar surface area (TPSA) is 61.4 Å². The fourth-order valence-electron chi connectivity index (χ4n) is 2.05. The van der Waals surface area contributed by atoms with Gasteiger partial charge in [0.1, 0.15) is 0 Å². The number of benzene rings is 1. The van der Waals surface area contributed by atoms with Gasteiger partial charge in [-0.3, -0.25) is 9.59 Å². The molecule has 0 saturated carbocycles. The lowest BCUT2D eigenvalue weighted by Crippen LogP contribution is -2.30. The van der Waals surface area contributed by atoms with E-state index in [-0.39, 0.29) is 30.1 Å². The first-order chi connectivity index (χ1) is 10.0. The van der Waals surface area contributed by atoms with Crippen LogP contribution in [0.1, 0.15) is 31.1 Å². The molecule has 124 valence electrons. The number of halogens is 1. The molecule has 1 aromatic carbocycles. The second-order valence-electron chi connectivity index (χ2n) is 5.00. The van der Waals surface area contributed by atoms with Crippen molar-refractivity contribution < 1.29 is 9.59 Å². The van der Waals surface area contributed by atoms with E-state index in [2.05, 4.69) is 10.6 Å². The molecule has 0 aliphatic heterocycles. The van der Waals surface area contributed by atoms with E-state index in [9.17, 15) is 9.59 Å². The summed E-state index contributed by atoms with van der Waals surface area (Å²) in [5.41, 5.74) is 1.35. The number of amides is 2. The Morgan fingerprint density at radius 1 is 1.14 bits per heavy atom. The van der Waals surface area contributed by atoms with Gasteiger partial charge in [-0.1, -0.05) is 6.92 Å². The van der Waals surface area contributed by atoms with E-state index >= 15 is 0 Å². The Balaban J connectivity index is 0.00000441. The Morgan fingerprint density at radius 2 is 1.68 bits per heavy atom. The van der Waals surface area contributed by atoms with E-state index in [0.717, 1.165) is 0 Å². The molecule has 0 radical (unpaired) electrons. The predicted octanol–water partition coefficient (Wildman–Crippen LogP) is 2.38. The van der Waals surface area contributed by atoms with E-state index in [4.69, 9.17) is 0 Å². The number of carbonyl (C=O) groups is 2. The molecule has 0 bridgehead atoms. The van der Waals surface area contributed by atoms with E-state index in [1.54, 1.807) is 29.2 Å². The van der Waals surface area contributed by atoms with Gasteiger partial charge in [-0.25, -0.2) is 0 Å². The summed E-state index contributed by atoms with van der Waals surface area (Å²) in [5.74, 6) is -0.124. The summed E-state index contributed by atoms with van der Waals surface area (Å²) in [6, 6.07) is 7.03. The second kappa shape index (κ2) is 10.2. The Morgan fingerprint density at radius 3 is 2.14 bits per heavy atom. The molecule has 2 amide bonds. The SMILES string of the molecule is CCN(CC)C(=O)c1ccc(NC(=O)C(C)CNC)cc1.Cl. The summed E-state index contributed by atoms with van der Waals surface area (Å²) in [7, 11) is 1.82. The smallest absolute Gasteiger partial charge is 0.253 e. The molecular formula is C16H26ClN3O2. The highest BCUT2D eigenvalue weighted by Crippen LogP contribution is 2.12. The first-order valence-electron chi connectivity index (χ1n) is 7.38. The highest BCUT2D eigenvalue weighted by atomic mass is 35.5. The van der Waals surface area contributed by atoms with Gasteiger partial charge in [0, 0.05) is 36.8 Å². The van der Waals surface area contributed by atoms with Crippen molar-refractivity contribution in [1.29, 1.82) is 0 Å². The van der Waals surface area contributed by atoms with Crippen molar-refractivity contribution >= 4 is 29.9 Å². The van der Waals surface area contributed by atoms with Gasteiger partial charge in [-0.15, -0.1) is 12.4 Å². The van der Waals surface area contributed by atoms with Crippen LogP contribution in [0.4, 0.5) is 5.69 Å². The standard InChI is InChI=1S/C16H25N3O2.ClH/c1-5-19(6-2)16(21)13-7-9-14(10-8-13)18-15(20)12(3)11-17-4;/h7-10,12,17H,5-6,11H2,1-4H3,(H,18,20);1H. The Kier molecular flexibility index (Phi) is 9.45. The first-order valence-corrected chi connectivity index (χ1v) is 7.38. The number of carbonyl (C=O) groups excluding carboxylic acids is 2. The number of nitrogens with zero attached hydrogens (tertiary/aromatic N) is 1. The van der Waals surface area contributed by atoms with Gasteiger partial charge >= 0.3 is 0 Å². The highest BCUT2D eigenvalue weighted by Gasteiger charge is 2.14. The molecule has 1 atom stereocenters. The van der Waals surface area contributed by atoms with E-state index < -0.39 is 0 Å². The predicted molar refractivity (Wildman–Crippen MR) is 92.7 cm³/mol. The van der Waals surface area contributed by atoms with Crippen LogP contribution in [-0.4, -0.2) is 43.4 Å². The van der Waals surface area contributed by atoms with Crippen LogP contribution in [0.3, 0.4) is 0 Å². The molecule has 1 aromatic rings. The highest BCUT2D eigenvalue weighted by molar-refractivity contribution is 5.96. The third-order valence-electron chi connectivity index (χ3n) is 3.41. The van der Waals surface area contributed by atoms with Crippen LogP contribution in [0.2, 0.25) is 0 Å². The fourth-order valence-corrected chi connectivity index (χ4v) is 2.05. The lowest BCUT2D eigenvalue weighted by atomic mass is 10.1. The third kappa shape index (κ3) is 5.66. The van der Waals surface area contributed by atoms with E-state index in [0.29, 0.717) is 30.9 Å². The summed E-state index contributed by atoms with van der Waals surface area (Å²) in [6.45, 7) is 7.79. The molecule has 0 aliphatic rings. The number of anilines is 1. The maximum atomic E-state index is 12.2. The lowest BCUT2D eigenvalue weighted by molar-refractivity contribution is -0.119. The molecule has 1 rings (SSSR count). The molecule has 1 unspecified atom stereocenters. The average Bonchev–Trinajstić information content (AvgIpc) is 2.49. The molecule has 0 fully saturated rings. The minimum Gasteiger partial charge on any atom is -0.339 e. The summed E-state index contributed by atoms with van der Waals surface area (Å²) in [6.07, 6.45) is 0. The lowest BCUT2D eigenvalue weighted by Gasteiger charge is -2.18. The molecule has 0 spiro atoms. The van der Waals surface area contributed by atoms with Crippen LogP contribution in [0.15, 0.2) is 24.3 Å². The van der Waals surface area contributed by atoms with E-state index in [1.807, 2.05) is 27.8 Å². The number of hydrogen-bond acceptors (Lipinski definition) is 3. The van der Waals surface area contributed by atoms with Crippen molar-refractivity contribution in [2.75, 3.05) is 32.0 Å². The van der Waals surface area contributed by atoms with Crippen LogP contribution in [0.5, 0.6) is 0 Å². The number of nitrogens with one attached hydrogen (secondary N) is 2. The molecule has 2 N–H and O–H groups in total. The van der Waals surface area contributed by atoms with Gasteiger partial charge in [0.05, 0.1) is 0 Å². The van der Waals surface area contributed by atoms with Crippen LogP contribution < -0.4 is 10.6 Å². The molecular weight excluding hydrogens is 302 g/mol. The number of rotatable bonds is 7. The molecule has 0 aliphatic carbocycles. The third-order valence-corrected chi connectivity index (χ3v) is 3.41. The van der Waals surface area contributed by atoms with Crippen molar-refractivity contribution in [1.82, 2.24) is 10.2 Å². The largest absolute Gasteiger partial charge is 0.339 e. The number of hydrogen-bond donors (Lipinski definition) is 2. The van der Waals surface area contributed by atoms with Crippen molar-refractivity contribution in [3.05, 3.63) is 29.8 Å². The summed E-state index contributed by atoms with van der Waals surface area (Å²) in [5, 5.41) is 5.82. The van der Waals surface area contributed by atoms with Crippen molar-refractivity contribution in [2.45, 2.75) is 20.8 Å². The first kappa shape index (κ1) is 20.4. The fraction of sp³-hybridized carbons (Fsp3) is 0.500. The van der Waals surface area contributed by atoms with Gasteiger partial charge in [-0.05, 0) is 45.2 Å². The minimum atomic E-state index is -0.105. The normalized spacial score (nSPS) is 11.3. The van der Waals surface area contributed by atoms with Crippen LogP contribution in [0, 0.1) is 5.92 Å². The van der Waals surface area contributed by atoms with E-state index in [1.165, 1.54) is 0 Å². The monoisotopic (exact) mass is 327 g/mol. The van der Waals surface area contributed by atoms with Crippen molar-refractivity contribution in [3.63, 3.8) is 0 Å². The van der Waals surface area contributed by atoms with Crippen LogP contribution in [0.25, 0.3) is 0 Å².